The van der Waals surface area contributed by atoms with E-state index in [0.29, 0.717) is 33.1 Å². The van der Waals surface area contributed by atoms with Crippen LogP contribution < -0.4 is 20.9 Å². The molecular weight excluding hydrogens is 499 g/mol. The maximum atomic E-state index is 13.6. The van der Waals surface area contributed by atoms with E-state index in [2.05, 4.69) is 15.6 Å². The minimum absolute atomic E-state index is 0.0763. The first-order valence-corrected chi connectivity index (χ1v) is 11.7. The molecule has 8 nitrogen and oxygen atoms in total. The van der Waals surface area contributed by atoms with Crippen molar-refractivity contribution in [3.8, 4) is 22.6 Å². The lowest BCUT2D eigenvalue weighted by molar-refractivity contribution is -0.122. The third-order valence-electron chi connectivity index (χ3n) is 5.86. The lowest BCUT2D eigenvalue weighted by atomic mass is 9.95. The van der Waals surface area contributed by atoms with Crippen LogP contribution in [0.3, 0.4) is 0 Å². The molecule has 1 aliphatic rings. The van der Waals surface area contributed by atoms with Gasteiger partial charge in [0.25, 0.3) is 5.56 Å². The van der Waals surface area contributed by atoms with E-state index >= 15 is 0 Å². The lowest BCUT2D eigenvalue weighted by Gasteiger charge is -2.23. The SMILES string of the molecule is O=C1NCC(c2cc(-c3cc(Cl)cc(OCc4cccc(F)c4)c3)c(=O)n(-c3cccnc3)c2)C(=O)N1. The normalized spacial score (nSPS) is 15.1. The monoisotopic (exact) mass is 518 g/mol. The fourth-order valence-electron chi connectivity index (χ4n) is 4.08. The van der Waals surface area contributed by atoms with E-state index in [4.69, 9.17) is 16.3 Å². The second kappa shape index (κ2) is 10.2. The van der Waals surface area contributed by atoms with Gasteiger partial charge in [0.05, 0.1) is 17.8 Å². The van der Waals surface area contributed by atoms with Gasteiger partial charge in [-0.25, -0.2) is 9.18 Å². The summed E-state index contributed by atoms with van der Waals surface area (Å²) in [6.45, 7) is 0.173. The number of urea groups is 1. The Hall–Kier alpha value is -4.50. The molecule has 2 aromatic heterocycles. The summed E-state index contributed by atoms with van der Waals surface area (Å²) in [7, 11) is 0. The predicted octanol–water partition coefficient (Wildman–Crippen LogP) is 4.19. The zero-order valence-electron chi connectivity index (χ0n) is 19.3. The molecule has 1 aliphatic heterocycles. The van der Waals surface area contributed by atoms with E-state index in [1.165, 1.54) is 22.9 Å². The van der Waals surface area contributed by atoms with Crippen molar-refractivity contribution >= 4 is 23.5 Å². The molecule has 4 aromatic rings. The number of carbonyl (C=O) groups is 2. The Morgan fingerprint density at radius 2 is 1.95 bits per heavy atom. The zero-order valence-corrected chi connectivity index (χ0v) is 20.0. The van der Waals surface area contributed by atoms with Crippen molar-refractivity contribution in [3.05, 3.63) is 112 Å². The number of ether oxygens (including phenoxy) is 1. The Morgan fingerprint density at radius 1 is 1.08 bits per heavy atom. The Balaban J connectivity index is 1.58. The van der Waals surface area contributed by atoms with Crippen LogP contribution in [0.25, 0.3) is 16.8 Å². The van der Waals surface area contributed by atoms with Crippen LogP contribution in [-0.2, 0) is 11.4 Å². The minimum atomic E-state index is -0.720. The van der Waals surface area contributed by atoms with E-state index in [1.807, 2.05) is 0 Å². The minimum Gasteiger partial charge on any atom is -0.489 e. The molecule has 5 rings (SSSR count). The van der Waals surface area contributed by atoms with Crippen molar-refractivity contribution in [1.82, 2.24) is 20.2 Å². The summed E-state index contributed by atoms with van der Waals surface area (Å²) in [5.74, 6) is -1.19. The maximum Gasteiger partial charge on any atom is 0.321 e. The molecular formula is C27H20ClFN4O4. The Kier molecular flexibility index (Phi) is 6.70. The first-order chi connectivity index (χ1) is 17.9. The second-order valence-corrected chi connectivity index (χ2v) is 8.86. The summed E-state index contributed by atoms with van der Waals surface area (Å²) in [5.41, 5.74) is 2.01. The molecule has 0 aliphatic carbocycles. The van der Waals surface area contributed by atoms with Crippen LogP contribution in [0.2, 0.25) is 5.02 Å². The average molecular weight is 519 g/mol. The summed E-state index contributed by atoms with van der Waals surface area (Å²) in [6, 6.07) is 15.4. The number of nitrogens with one attached hydrogen (secondary N) is 2. The standard InChI is InChI=1S/C27H20ClFN4O4/c28-19-8-17(9-22(11-19)37-15-16-3-1-4-20(29)7-16)23-10-18(24-13-31-27(36)32-25(24)34)14-33(26(23)35)21-5-2-6-30-12-21/h1-12,14,24H,13,15H2,(H2,31,32,34,36). The van der Waals surface area contributed by atoms with Gasteiger partial charge in [0.2, 0.25) is 5.91 Å². The molecule has 0 radical (unpaired) electrons. The molecule has 2 N–H and O–H groups in total. The topological polar surface area (TPSA) is 102 Å². The molecule has 2 aromatic carbocycles. The number of amides is 3. The molecule has 0 spiro atoms. The molecule has 1 saturated heterocycles. The van der Waals surface area contributed by atoms with Crippen molar-refractivity contribution < 1.29 is 18.7 Å². The molecule has 1 unspecified atom stereocenters. The highest BCUT2D eigenvalue weighted by molar-refractivity contribution is 6.31. The number of imide groups is 1. The number of aromatic nitrogens is 2. The van der Waals surface area contributed by atoms with Gasteiger partial charge in [-0.3, -0.25) is 24.5 Å². The molecule has 3 heterocycles. The summed E-state index contributed by atoms with van der Waals surface area (Å²) >= 11 is 6.37. The summed E-state index contributed by atoms with van der Waals surface area (Å²) in [5, 5.41) is 5.20. The fourth-order valence-corrected chi connectivity index (χ4v) is 4.31. The van der Waals surface area contributed by atoms with Crippen molar-refractivity contribution in [2.45, 2.75) is 12.5 Å². The van der Waals surface area contributed by atoms with E-state index < -0.39 is 17.9 Å². The molecule has 0 saturated carbocycles. The van der Waals surface area contributed by atoms with Crippen LogP contribution >= 0.6 is 11.6 Å². The van der Waals surface area contributed by atoms with Crippen molar-refractivity contribution in [3.63, 3.8) is 0 Å². The van der Waals surface area contributed by atoms with Gasteiger partial charge in [-0.2, -0.15) is 0 Å². The van der Waals surface area contributed by atoms with Crippen molar-refractivity contribution in [2.75, 3.05) is 6.54 Å². The largest absolute Gasteiger partial charge is 0.489 e. The molecule has 186 valence electrons. The van der Waals surface area contributed by atoms with Gasteiger partial charge in [-0.15, -0.1) is 0 Å². The van der Waals surface area contributed by atoms with Gasteiger partial charge in [0.15, 0.2) is 0 Å². The molecule has 10 heteroatoms. The number of rotatable bonds is 6. The zero-order chi connectivity index (χ0) is 25.9. The third-order valence-corrected chi connectivity index (χ3v) is 6.08. The average Bonchev–Trinajstić information content (AvgIpc) is 2.88. The van der Waals surface area contributed by atoms with E-state index in [9.17, 15) is 18.8 Å². The first-order valence-electron chi connectivity index (χ1n) is 11.3. The Morgan fingerprint density at radius 3 is 2.70 bits per heavy atom. The van der Waals surface area contributed by atoms with E-state index in [1.54, 1.807) is 60.9 Å². The van der Waals surface area contributed by atoms with Gasteiger partial charge in [0.1, 0.15) is 18.2 Å². The van der Waals surface area contributed by atoms with Crippen LogP contribution in [0.1, 0.15) is 17.0 Å². The lowest BCUT2D eigenvalue weighted by Crippen LogP contribution is -2.51. The summed E-state index contributed by atoms with van der Waals surface area (Å²) < 4.78 is 20.8. The highest BCUT2D eigenvalue weighted by atomic mass is 35.5. The number of nitrogens with zero attached hydrogens (tertiary/aromatic N) is 2. The van der Waals surface area contributed by atoms with E-state index in [-0.39, 0.29) is 30.1 Å². The van der Waals surface area contributed by atoms with E-state index in [0.717, 1.165) is 0 Å². The van der Waals surface area contributed by atoms with Crippen molar-refractivity contribution in [1.29, 1.82) is 0 Å². The van der Waals surface area contributed by atoms with Crippen LogP contribution in [0, 0.1) is 5.82 Å². The second-order valence-electron chi connectivity index (χ2n) is 8.42. The predicted molar refractivity (Wildman–Crippen MR) is 135 cm³/mol. The van der Waals surface area contributed by atoms with Crippen LogP contribution in [0.4, 0.5) is 9.18 Å². The summed E-state index contributed by atoms with van der Waals surface area (Å²) in [6.07, 6.45) is 4.68. The van der Waals surface area contributed by atoms with Gasteiger partial charge >= 0.3 is 6.03 Å². The fraction of sp³-hybridized carbons (Fsp3) is 0.111. The number of carbonyl (C=O) groups excluding carboxylic acids is 2. The van der Waals surface area contributed by atoms with Crippen LogP contribution in [0.5, 0.6) is 5.75 Å². The number of pyridine rings is 2. The van der Waals surface area contributed by atoms with Crippen molar-refractivity contribution in [2.24, 2.45) is 0 Å². The van der Waals surface area contributed by atoms with Crippen LogP contribution in [0.15, 0.2) is 84.0 Å². The van der Waals surface area contributed by atoms with Crippen LogP contribution in [-0.4, -0.2) is 28.0 Å². The first kappa shape index (κ1) is 24.2. The highest BCUT2D eigenvalue weighted by Crippen LogP contribution is 2.30. The number of halogens is 2. The third kappa shape index (κ3) is 5.36. The molecule has 1 atom stereocenters. The molecule has 0 bridgehead atoms. The number of benzene rings is 2. The highest BCUT2D eigenvalue weighted by Gasteiger charge is 2.29. The maximum absolute atomic E-state index is 13.6. The smallest absolute Gasteiger partial charge is 0.321 e. The van der Waals surface area contributed by atoms with Gasteiger partial charge in [-0.05, 0) is 65.2 Å². The van der Waals surface area contributed by atoms with Gasteiger partial charge in [-0.1, -0.05) is 23.7 Å². The molecule has 3 amide bonds. The molecule has 1 fully saturated rings. The van der Waals surface area contributed by atoms with Gasteiger partial charge in [0, 0.05) is 29.5 Å². The Bertz CT molecular complexity index is 1560. The number of hydrogen-bond donors (Lipinski definition) is 2. The molecule has 37 heavy (non-hydrogen) atoms. The Labute approximate surface area is 215 Å². The quantitative estimate of drug-likeness (QED) is 0.398. The summed E-state index contributed by atoms with van der Waals surface area (Å²) in [4.78, 5) is 41.9. The number of hydrogen-bond acceptors (Lipinski definition) is 5. The van der Waals surface area contributed by atoms with Gasteiger partial charge < -0.3 is 10.1 Å².